The first-order valence-electron chi connectivity index (χ1n) is 5.33. The second kappa shape index (κ2) is 3.42. The number of amides is 1. The van der Waals surface area contributed by atoms with E-state index in [1.807, 2.05) is 7.05 Å². The first-order chi connectivity index (χ1) is 6.68. The molecule has 4 nitrogen and oxygen atoms in total. The van der Waals surface area contributed by atoms with Gasteiger partial charge in [-0.25, -0.2) is 4.79 Å². The Morgan fingerprint density at radius 1 is 1.50 bits per heavy atom. The molecule has 0 aromatic carbocycles. The minimum atomic E-state index is -0.769. The van der Waals surface area contributed by atoms with E-state index in [-0.39, 0.29) is 5.41 Å². The van der Waals surface area contributed by atoms with Gasteiger partial charge >= 0.3 is 6.09 Å². The van der Waals surface area contributed by atoms with E-state index in [1.165, 1.54) is 25.7 Å². The molecule has 1 unspecified atom stereocenters. The highest BCUT2D eigenvalue weighted by Crippen LogP contribution is 2.45. The zero-order chi connectivity index (χ0) is 10.2. The van der Waals surface area contributed by atoms with E-state index in [2.05, 4.69) is 5.32 Å². The number of rotatable bonds is 1. The van der Waals surface area contributed by atoms with Crippen molar-refractivity contribution < 1.29 is 9.90 Å². The van der Waals surface area contributed by atoms with E-state index >= 15 is 0 Å². The average Bonchev–Trinajstić information content (AvgIpc) is 2.74. The van der Waals surface area contributed by atoms with Gasteiger partial charge in [-0.1, -0.05) is 12.8 Å². The predicted molar refractivity (Wildman–Crippen MR) is 53.3 cm³/mol. The maximum absolute atomic E-state index is 10.9. The number of likely N-dealkylation sites (tertiary alicyclic amines) is 1. The summed E-state index contributed by atoms with van der Waals surface area (Å²) in [5, 5.41) is 12.2. The first kappa shape index (κ1) is 9.77. The summed E-state index contributed by atoms with van der Waals surface area (Å²) in [6.07, 6.45) is 4.11. The highest BCUT2D eigenvalue weighted by atomic mass is 16.4. The number of likely N-dealkylation sites (N-methyl/N-ethyl adjacent to an activating group) is 1. The first-order valence-corrected chi connectivity index (χ1v) is 5.33. The maximum atomic E-state index is 10.9. The molecule has 2 N–H and O–H groups in total. The molecule has 0 aromatic rings. The molecule has 2 aliphatic rings. The van der Waals surface area contributed by atoms with Crippen LogP contribution in [0, 0.1) is 5.41 Å². The second-order valence-electron chi connectivity index (χ2n) is 4.57. The Morgan fingerprint density at radius 3 is 2.64 bits per heavy atom. The zero-order valence-corrected chi connectivity index (χ0v) is 8.62. The van der Waals surface area contributed by atoms with Gasteiger partial charge in [-0.2, -0.15) is 0 Å². The van der Waals surface area contributed by atoms with E-state index in [1.54, 1.807) is 4.90 Å². The van der Waals surface area contributed by atoms with E-state index in [4.69, 9.17) is 5.11 Å². The maximum Gasteiger partial charge on any atom is 0.407 e. The van der Waals surface area contributed by atoms with Crippen molar-refractivity contribution in [3.8, 4) is 0 Å². The molecule has 1 atom stereocenters. The van der Waals surface area contributed by atoms with Gasteiger partial charge in [0.15, 0.2) is 0 Å². The standard InChI is InChI=1S/C10H18N2O2/c1-11-8-6-12(9(13)14)7-10(8)4-2-3-5-10/h8,11H,2-7H2,1H3,(H,13,14). The number of carbonyl (C=O) groups is 1. The molecule has 2 rings (SSSR count). The molecule has 14 heavy (non-hydrogen) atoms. The normalized spacial score (nSPS) is 30.1. The van der Waals surface area contributed by atoms with Crippen LogP contribution < -0.4 is 5.32 Å². The van der Waals surface area contributed by atoms with Crippen molar-refractivity contribution in [3.63, 3.8) is 0 Å². The van der Waals surface area contributed by atoms with Gasteiger partial charge < -0.3 is 15.3 Å². The lowest BCUT2D eigenvalue weighted by atomic mass is 9.81. The SMILES string of the molecule is CNC1CN(C(=O)O)CC12CCCC2. The molecule has 0 radical (unpaired) electrons. The molecule has 1 aliphatic carbocycles. The summed E-state index contributed by atoms with van der Waals surface area (Å²) in [7, 11) is 1.94. The van der Waals surface area contributed by atoms with Crippen LogP contribution in [0.25, 0.3) is 0 Å². The summed E-state index contributed by atoms with van der Waals surface area (Å²) in [4.78, 5) is 12.5. The van der Waals surface area contributed by atoms with Crippen LogP contribution in [0.1, 0.15) is 25.7 Å². The quantitative estimate of drug-likeness (QED) is 0.664. The average molecular weight is 198 g/mol. The molecule has 1 heterocycles. The van der Waals surface area contributed by atoms with E-state index in [0.717, 1.165) is 6.54 Å². The van der Waals surface area contributed by atoms with Crippen LogP contribution >= 0.6 is 0 Å². The lowest BCUT2D eigenvalue weighted by molar-refractivity contribution is 0.149. The fourth-order valence-electron chi connectivity index (χ4n) is 3.10. The molecule has 0 bridgehead atoms. The minimum Gasteiger partial charge on any atom is -0.465 e. The Hall–Kier alpha value is -0.770. The summed E-state index contributed by atoms with van der Waals surface area (Å²) in [5.74, 6) is 0. The summed E-state index contributed by atoms with van der Waals surface area (Å²) in [6, 6.07) is 0.362. The molecule has 1 aliphatic heterocycles. The lowest BCUT2D eigenvalue weighted by Crippen LogP contribution is -2.40. The van der Waals surface area contributed by atoms with Crippen LogP contribution in [0.15, 0.2) is 0 Å². The molecule has 4 heteroatoms. The van der Waals surface area contributed by atoms with Crippen LogP contribution in [0.3, 0.4) is 0 Å². The van der Waals surface area contributed by atoms with E-state index in [0.29, 0.717) is 12.6 Å². The van der Waals surface area contributed by atoms with Gasteiger partial charge in [0, 0.05) is 24.5 Å². The van der Waals surface area contributed by atoms with E-state index in [9.17, 15) is 4.79 Å². The smallest absolute Gasteiger partial charge is 0.407 e. The third-order valence-corrected chi connectivity index (χ3v) is 3.87. The summed E-state index contributed by atoms with van der Waals surface area (Å²) in [5.41, 5.74) is 0.243. The third-order valence-electron chi connectivity index (χ3n) is 3.87. The van der Waals surface area contributed by atoms with Gasteiger partial charge in [-0.3, -0.25) is 0 Å². The molecular weight excluding hydrogens is 180 g/mol. The molecule has 2 fully saturated rings. The van der Waals surface area contributed by atoms with Gasteiger partial charge in [0.2, 0.25) is 0 Å². The summed E-state index contributed by atoms with van der Waals surface area (Å²) >= 11 is 0. The predicted octanol–water partition coefficient (Wildman–Crippen LogP) is 1.13. The number of hydrogen-bond donors (Lipinski definition) is 2. The van der Waals surface area contributed by atoms with E-state index < -0.39 is 6.09 Å². The highest BCUT2D eigenvalue weighted by molar-refractivity contribution is 5.65. The number of nitrogens with one attached hydrogen (secondary N) is 1. The fourth-order valence-corrected chi connectivity index (χ4v) is 3.10. The van der Waals surface area contributed by atoms with Gasteiger partial charge in [-0.15, -0.1) is 0 Å². The summed E-state index contributed by atoms with van der Waals surface area (Å²) < 4.78 is 0. The number of hydrogen-bond acceptors (Lipinski definition) is 2. The molecule has 1 saturated carbocycles. The third kappa shape index (κ3) is 1.38. The second-order valence-corrected chi connectivity index (χ2v) is 4.57. The molecule has 1 spiro atoms. The lowest BCUT2D eigenvalue weighted by Gasteiger charge is -2.29. The van der Waals surface area contributed by atoms with Crippen molar-refractivity contribution in [1.82, 2.24) is 10.2 Å². The van der Waals surface area contributed by atoms with Crippen molar-refractivity contribution in [2.24, 2.45) is 5.41 Å². The Morgan fingerprint density at radius 2 is 2.14 bits per heavy atom. The van der Waals surface area contributed by atoms with Crippen LogP contribution in [0.2, 0.25) is 0 Å². The van der Waals surface area contributed by atoms with Crippen molar-refractivity contribution in [3.05, 3.63) is 0 Å². The largest absolute Gasteiger partial charge is 0.465 e. The summed E-state index contributed by atoms with van der Waals surface area (Å²) in [6.45, 7) is 1.39. The van der Waals surface area contributed by atoms with Crippen molar-refractivity contribution >= 4 is 6.09 Å². The van der Waals surface area contributed by atoms with Crippen LogP contribution in [-0.2, 0) is 0 Å². The van der Waals surface area contributed by atoms with Gasteiger partial charge in [0.25, 0.3) is 0 Å². The van der Waals surface area contributed by atoms with Crippen LogP contribution in [0.4, 0.5) is 4.79 Å². The molecule has 1 saturated heterocycles. The molecule has 0 aromatic heterocycles. The molecule has 80 valence electrons. The van der Waals surface area contributed by atoms with Crippen molar-refractivity contribution in [2.45, 2.75) is 31.7 Å². The molecule has 1 amide bonds. The Balaban J connectivity index is 2.13. The fraction of sp³-hybridized carbons (Fsp3) is 0.900. The van der Waals surface area contributed by atoms with Gasteiger partial charge in [0.05, 0.1) is 0 Å². The topological polar surface area (TPSA) is 52.6 Å². The van der Waals surface area contributed by atoms with Crippen molar-refractivity contribution in [2.75, 3.05) is 20.1 Å². The number of carboxylic acid groups (broad SMARTS) is 1. The van der Waals surface area contributed by atoms with Crippen LogP contribution in [-0.4, -0.2) is 42.3 Å². The zero-order valence-electron chi connectivity index (χ0n) is 8.62. The monoisotopic (exact) mass is 198 g/mol. The Labute approximate surface area is 84.3 Å². The number of nitrogens with zero attached hydrogens (tertiary/aromatic N) is 1. The van der Waals surface area contributed by atoms with Crippen molar-refractivity contribution in [1.29, 1.82) is 0 Å². The van der Waals surface area contributed by atoms with Gasteiger partial charge in [0.1, 0.15) is 0 Å². The minimum absolute atomic E-state index is 0.243. The van der Waals surface area contributed by atoms with Gasteiger partial charge in [-0.05, 0) is 19.9 Å². The molecular formula is C10H18N2O2. The van der Waals surface area contributed by atoms with Crippen LogP contribution in [0.5, 0.6) is 0 Å². The Bertz CT molecular complexity index is 236. The Kier molecular flexibility index (Phi) is 2.39. The highest BCUT2D eigenvalue weighted by Gasteiger charge is 2.48.